The number of nitrogens with two attached hydrogens (primary N) is 2. The summed E-state index contributed by atoms with van der Waals surface area (Å²) in [4.78, 5) is 13.0. The van der Waals surface area contributed by atoms with Crippen LogP contribution < -0.4 is 11.5 Å². The lowest BCUT2D eigenvalue weighted by molar-refractivity contribution is 0.100. The van der Waals surface area contributed by atoms with Crippen molar-refractivity contribution in [1.82, 2.24) is 0 Å². The number of carbonyl (C=O) groups excluding carboxylic acids is 1. The summed E-state index contributed by atoms with van der Waals surface area (Å²) in [5.41, 5.74) is 18.5. The summed E-state index contributed by atoms with van der Waals surface area (Å²) in [6, 6.07) is 14.2. The molecule has 120 valence electrons. The number of hydrogen-bond acceptors (Lipinski definition) is 3. The standard InChI is InChI=1S/C20H18N2OS/c21-15-10-16(14-7-6-12-3-1-4-13(12)9-14)19(17(11-15)20(22)23)18-5-2-8-24-18/h2,5-11H,1,3-4,21H2,(H2,22,23). The highest BCUT2D eigenvalue weighted by molar-refractivity contribution is 7.13. The van der Waals surface area contributed by atoms with E-state index in [9.17, 15) is 4.79 Å². The minimum atomic E-state index is -0.451. The number of aryl methyl sites for hydroxylation is 2. The van der Waals surface area contributed by atoms with Crippen molar-refractivity contribution < 1.29 is 4.79 Å². The van der Waals surface area contributed by atoms with E-state index in [1.54, 1.807) is 17.4 Å². The molecule has 4 heteroatoms. The van der Waals surface area contributed by atoms with Crippen molar-refractivity contribution in [2.45, 2.75) is 19.3 Å². The molecule has 3 aromatic rings. The van der Waals surface area contributed by atoms with Gasteiger partial charge < -0.3 is 11.5 Å². The molecule has 4 rings (SSSR count). The Morgan fingerprint density at radius 1 is 1.04 bits per heavy atom. The van der Waals surface area contributed by atoms with Crippen LogP contribution in [0.25, 0.3) is 21.6 Å². The van der Waals surface area contributed by atoms with E-state index in [1.807, 2.05) is 23.6 Å². The van der Waals surface area contributed by atoms with E-state index in [2.05, 4.69) is 18.2 Å². The number of primary amides is 1. The van der Waals surface area contributed by atoms with Crippen molar-refractivity contribution in [2.75, 3.05) is 5.73 Å². The van der Waals surface area contributed by atoms with E-state index < -0.39 is 5.91 Å². The summed E-state index contributed by atoms with van der Waals surface area (Å²) in [6.07, 6.45) is 3.47. The monoisotopic (exact) mass is 334 g/mol. The second-order valence-corrected chi connectivity index (χ2v) is 7.12. The highest BCUT2D eigenvalue weighted by Crippen LogP contribution is 2.40. The molecule has 24 heavy (non-hydrogen) atoms. The Bertz CT molecular complexity index is 929. The maximum Gasteiger partial charge on any atom is 0.249 e. The summed E-state index contributed by atoms with van der Waals surface area (Å²) in [7, 11) is 0. The first-order chi connectivity index (χ1) is 11.6. The van der Waals surface area contributed by atoms with Crippen LogP contribution in [0.2, 0.25) is 0 Å². The molecule has 0 radical (unpaired) electrons. The number of benzene rings is 2. The minimum absolute atomic E-state index is 0.451. The van der Waals surface area contributed by atoms with E-state index in [0.29, 0.717) is 11.3 Å². The summed E-state index contributed by atoms with van der Waals surface area (Å²) in [5.74, 6) is -0.451. The first kappa shape index (κ1) is 15.0. The molecule has 0 saturated carbocycles. The Morgan fingerprint density at radius 2 is 1.88 bits per heavy atom. The molecule has 1 amide bonds. The highest BCUT2D eigenvalue weighted by atomic mass is 32.1. The first-order valence-electron chi connectivity index (χ1n) is 8.03. The number of hydrogen-bond donors (Lipinski definition) is 2. The number of thiophene rings is 1. The van der Waals surface area contributed by atoms with Crippen LogP contribution in [0.1, 0.15) is 27.9 Å². The molecule has 0 unspecified atom stereocenters. The maximum atomic E-state index is 12.0. The van der Waals surface area contributed by atoms with Crippen LogP contribution in [0.5, 0.6) is 0 Å². The Morgan fingerprint density at radius 3 is 2.62 bits per heavy atom. The zero-order valence-electron chi connectivity index (χ0n) is 13.2. The lowest BCUT2D eigenvalue weighted by Gasteiger charge is -2.15. The average Bonchev–Trinajstić information content (AvgIpc) is 3.24. The van der Waals surface area contributed by atoms with Crippen LogP contribution in [0, 0.1) is 0 Å². The van der Waals surface area contributed by atoms with E-state index in [0.717, 1.165) is 34.4 Å². The summed E-state index contributed by atoms with van der Waals surface area (Å²) >= 11 is 1.60. The first-order valence-corrected chi connectivity index (χ1v) is 8.91. The van der Waals surface area contributed by atoms with E-state index in [-0.39, 0.29) is 0 Å². The minimum Gasteiger partial charge on any atom is -0.399 e. The summed E-state index contributed by atoms with van der Waals surface area (Å²) < 4.78 is 0. The molecule has 3 nitrogen and oxygen atoms in total. The average molecular weight is 334 g/mol. The van der Waals surface area contributed by atoms with Crippen LogP contribution in [0.15, 0.2) is 47.8 Å². The van der Waals surface area contributed by atoms with Crippen molar-refractivity contribution in [3.63, 3.8) is 0 Å². The van der Waals surface area contributed by atoms with Crippen molar-refractivity contribution in [2.24, 2.45) is 5.73 Å². The van der Waals surface area contributed by atoms with Gasteiger partial charge in [-0.3, -0.25) is 4.79 Å². The van der Waals surface area contributed by atoms with Gasteiger partial charge >= 0.3 is 0 Å². The lowest BCUT2D eigenvalue weighted by atomic mass is 9.91. The maximum absolute atomic E-state index is 12.0. The molecular weight excluding hydrogens is 316 g/mol. The smallest absolute Gasteiger partial charge is 0.249 e. The van der Waals surface area contributed by atoms with Crippen LogP contribution >= 0.6 is 11.3 Å². The van der Waals surface area contributed by atoms with Crippen LogP contribution in [0.3, 0.4) is 0 Å². The van der Waals surface area contributed by atoms with E-state index in [1.165, 1.54) is 17.5 Å². The van der Waals surface area contributed by atoms with Crippen molar-refractivity contribution in [3.8, 4) is 21.6 Å². The van der Waals surface area contributed by atoms with Gasteiger partial charge in [0.1, 0.15) is 0 Å². The molecule has 0 fully saturated rings. The van der Waals surface area contributed by atoms with Crippen LogP contribution in [-0.2, 0) is 12.8 Å². The fourth-order valence-corrected chi connectivity index (χ4v) is 4.31. The number of anilines is 1. The predicted molar refractivity (Wildman–Crippen MR) is 100 cm³/mol. The molecule has 0 bridgehead atoms. The van der Waals surface area contributed by atoms with Gasteiger partial charge in [0, 0.05) is 16.1 Å². The molecule has 1 aromatic heterocycles. The third kappa shape index (κ3) is 2.49. The zero-order chi connectivity index (χ0) is 16.7. The number of carbonyl (C=O) groups is 1. The van der Waals surface area contributed by atoms with Gasteiger partial charge in [-0.1, -0.05) is 24.3 Å². The Balaban J connectivity index is 1.99. The molecule has 1 heterocycles. The van der Waals surface area contributed by atoms with Gasteiger partial charge in [-0.15, -0.1) is 11.3 Å². The summed E-state index contributed by atoms with van der Waals surface area (Å²) in [5, 5.41) is 2.00. The molecule has 1 aliphatic carbocycles. The predicted octanol–water partition coefficient (Wildman–Crippen LogP) is 4.25. The molecule has 2 aromatic carbocycles. The number of rotatable bonds is 3. The number of nitrogen functional groups attached to an aromatic ring is 1. The van der Waals surface area contributed by atoms with E-state index >= 15 is 0 Å². The number of amides is 1. The SMILES string of the molecule is NC(=O)c1cc(N)cc(-c2ccc3c(c2)CCC3)c1-c1cccs1. The normalized spacial score (nSPS) is 13.0. The van der Waals surface area contributed by atoms with Gasteiger partial charge in [0.25, 0.3) is 0 Å². The van der Waals surface area contributed by atoms with Crippen molar-refractivity contribution in [3.05, 3.63) is 64.5 Å². The second-order valence-electron chi connectivity index (χ2n) is 6.17. The zero-order valence-corrected chi connectivity index (χ0v) is 14.0. The van der Waals surface area contributed by atoms with Crippen LogP contribution in [-0.4, -0.2) is 5.91 Å². The molecule has 4 N–H and O–H groups in total. The number of fused-ring (bicyclic) bond motifs is 1. The van der Waals surface area contributed by atoms with Gasteiger partial charge in [0.05, 0.1) is 5.56 Å². The molecule has 1 aliphatic rings. The fourth-order valence-electron chi connectivity index (χ4n) is 3.51. The molecule has 0 atom stereocenters. The Hall–Kier alpha value is -2.59. The van der Waals surface area contributed by atoms with Gasteiger partial charge in [0.15, 0.2) is 0 Å². The highest BCUT2D eigenvalue weighted by Gasteiger charge is 2.19. The van der Waals surface area contributed by atoms with Gasteiger partial charge in [-0.2, -0.15) is 0 Å². The second kappa shape index (κ2) is 5.80. The van der Waals surface area contributed by atoms with Crippen LogP contribution in [0.4, 0.5) is 5.69 Å². The summed E-state index contributed by atoms with van der Waals surface area (Å²) in [6.45, 7) is 0. The third-order valence-electron chi connectivity index (χ3n) is 4.60. The Kier molecular flexibility index (Phi) is 3.62. The molecular formula is C20H18N2OS. The molecule has 0 spiro atoms. The molecule has 0 aliphatic heterocycles. The topological polar surface area (TPSA) is 69.1 Å². The van der Waals surface area contributed by atoms with Gasteiger partial charge in [-0.25, -0.2) is 0 Å². The van der Waals surface area contributed by atoms with Gasteiger partial charge in [-0.05, 0) is 65.1 Å². The van der Waals surface area contributed by atoms with Gasteiger partial charge in [0.2, 0.25) is 5.91 Å². The van der Waals surface area contributed by atoms with Crippen molar-refractivity contribution >= 4 is 22.9 Å². The van der Waals surface area contributed by atoms with E-state index in [4.69, 9.17) is 11.5 Å². The largest absolute Gasteiger partial charge is 0.399 e. The quantitative estimate of drug-likeness (QED) is 0.703. The van der Waals surface area contributed by atoms with Crippen molar-refractivity contribution in [1.29, 1.82) is 0 Å². The molecule has 0 saturated heterocycles. The fraction of sp³-hybridized carbons (Fsp3) is 0.150. The lowest BCUT2D eigenvalue weighted by Crippen LogP contribution is -2.13. The Labute approximate surface area is 144 Å². The third-order valence-corrected chi connectivity index (χ3v) is 5.49.